The fraction of sp³-hybridized carbons (Fsp3) is 0.389. The monoisotopic (exact) mass is 345 g/mol. The van der Waals surface area contributed by atoms with E-state index in [0.29, 0.717) is 0 Å². The van der Waals surface area contributed by atoms with Gasteiger partial charge in [-0.05, 0) is 25.0 Å². The zero-order valence-corrected chi connectivity index (χ0v) is 15.0. The summed E-state index contributed by atoms with van der Waals surface area (Å²) in [7, 11) is 3.15. The molecule has 0 aliphatic heterocycles. The molecule has 0 aliphatic carbocycles. The minimum absolute atomic E-state index is 0.000833. The predicted molar refractivity (Wildman–Crippen MR) is 98.7 cm³/mol. The molecule has 2 aromatic rings. The van der Waals surface area contributed by atoms with Crippen molar-refractivity contribution in [2.45, 2.75) is 26.8 Å². The zero-order chi connectivity index (χ0) is 18.9. The van der Waals surface area contributed by atoms with Crippen LogP contribution in [0.1, 0.15) is 31.1 Å². The lowest BCUT2D eigenvalue weighted by atomic mass is 10.0. The summed E-state index contributed by atoms with van der Waals surface area (Å²) in [4.78, 5) is 37.2. The molecule has 3 N–H and O–H groups in total. The number of hydrogen-bond acceptors (Lipinski definition) is 6. The van der Waals surface area contributed by atoms with E-state index in [1.54, 1.807) is 20.2 Å². The van der Waals surface area contributed by atoms with Crippen molar-refractivity contribution in [1.29, 1.82) is 0 Å². The fourth-order valence-corrected chi connectivity index (χ4v) is 2.24. The average Bonchev–Trinajstić information content (AvgIpc) is 2.57. The number of carbonyl (C=O) groups excluding carboxylic acids is 1. The second-order valence-electron chi connectivity index (χ2n) is 6.61. The van der Waals surface area contributed by atoms with Gasteiger partial charge in [0.1, 0.15) is 11.4 Å². The highest BCUT2D eigenvalue weighted by Gasteiger charge is 2.25. The molecule has 0 heterocycles. The van der Waals surface area contributed by atoms with Gasteiger partial charge >= 0.3 is 0 Å². The standard InChI is InChI=1S/C18H23N3O4/c1-9(2)10(3)19-13-14(17(24)16(13)23)20-12-8-6-7-11(15(12)22)18(25)21(4)5/h6-10,19-20,22H,1-5H3/t10-/m0/s1. The maximum atomic E-state index is 12.1. The molecule has 0 saturated carbocycles. The van der Waals surface area contributed by atoms with Gasteiger partial charge in [0, 0.05) is 20.1 Å². The Morgan fingerprint density at radius 1 is 1.08 bits per heavy atom. The van der Waals surface area contributed by atoms with Crippen molar-refractivity contribution in [1.82, 2.24) is 4.90 Å². The fourth-order valence-electron chi connectivity index (χ4n) is 2.24. The summed E-state index contributed by atoms with van der Waals surface area (Å²) in [5.41, 5.74) is -0.631. The number of para-hydroxylation sites is 1. The summed E-state index contributed by atoms with van der Waals surface area (Å²) >= 11 is 0. The maximum Gasteiger partial charge on any atom is 0.257 e. The van der Waals surface area contributed by atoms with Crippen LogP contribution in [-0.2, 0) is 0 Å². The molecule has 1 atom stereocenters. The van der Waals surface area contributed by atoms with Gasteiger partial charge in [-0.15, -0.1) is 0 Å². The second-order valence-corrected chi connectivity index (χ2v) is 6.61. The topological polar surface area (TPSA) is 98.7 Å². The number of carbonyl (C=O) groups is 1. The summed E-state index contributed by atoms with van der Waals surface area (Å²) in [6.45, 7) is 5.91. The van der Waals surface area contributed by atoms with Crippen LogP contribution in [0.2, 0.25) is 0 Å². The smallest absolute Gasteiger partial charge is 0.257 e. The van der Waals surface area contributed by atoms with Gasteiger partial charge in [-0.1, -0.05) is 19.9 Å². The predicted octanol–water partition coefficient (Wildman–Crippen LogP) is 1.89. The molecule has 7 heteroatoms. The molecule has 0 aliphatic rings. The van der Waals surface area contributed by atoms with E-state index >= 15 is 0 Å². The van der Waals surface area contributed by atoms with Crippen LogP contribution >= 0.6 is 0 Å². The quantitative estimate of drug-likeness (QED) is 0.546. The van der Waals surface area contributed by atoms with E-state index in [2.05, 4.69) is 10.6 Å². The molecule has 1 amide bonds. The van der Waals surface area contributed by atoms with Gasteiger partial charge in [0.15, 0.2) is 5.75 Å². The van der Waals surface area contributed by atoms with Crippen LogP contribution in [0.25, 0.3) is 0 Å². The highest BCUT2D eigenvalue weighted by molar-refractivity contribution is 5.99. The molecule has 134 valence electrons. The molecular formula is C18H23N3O4. The molecule has 0 unspecified atom stereocenters. The third kappa shape index (κ3) is 3.50. The molecule has 0 radical (unpaired) electrons. The van der Waals surface area contributed by atoms with Gasteiger partial charge in [0.05, 0.1) is 11.3 Å². The highest BCUT2D eigenvalue weighted by Crippen LogP contribution is 2.32. The highest BCUT2D eigenvalue weighted by atomic mass is 16.3. The van der Waals surface area contributed by atoms with E-state index in [4.69, 9.17) is 0 Å². The van der Waals surface area contributed by atoms with Crippen molar-refractivity contribution < 1.29 is 9.90 Å². The van der Waals surface area contributed by atoms with Crippen LogP contribution in [-0.4, -0.2) is 36.1 Å². The Morgan fingerprint density at radius 2 is 1.68 bits per heavy atom. The molecule has 0 fully saturated rings. The normalized spacial score (nSPS) is 12.2. The number of amides is 1. The number of nitrogens with zero attached hydrogens (tertiary/aromatic N) is 1. The van der Waals surface area contributed by atoms with Gasteiger partial charge in [0.25, 0.3) is 16.8 Å². The maximum absolute atomic E-state index is 12.1. The van der Waals surface area contributed by atoms with Gasteiger partial charge in [0.2, 0.25) is 0 Å². The van der Waals surface area contributed by atoms with E-state index in [-0.39, 0.29) is 46.2 Å². The van der Waals surface area contributed by atoms with E-state index in [9.17, 15) is 19.5 Å². The Balaban J connectivity index is 2.35. The first-order valence-corrected chi connectivity index (χ1v) is 8.05. The lowest BCUT2D eigenvalue weighted by Crippen LogP contribution is -2.39. The van der Waals surface area contributed by atoms with Gasteiger partial charge in [-0.25, -0.2) is 0 Å². The number of hydrogen-bond donors (Lipinski definition) is 3. The molecule has 2 aromatic carbocycles. The van der Waals surface area contributed by atoms with E-state index < -0.39 is 10.9 Å². The Bertz CT molecular complexity index is 864. The van der Waals surface area contributed by atoms with Gasteiger partial charge in [-0.2, -0.15) is 0 Å². The van der Waals surface area contributed by atoms with Crippen LogP contribution in [0, 0.1) is 5.92 Å². The van der Waals surface area contributed by atoms with E-state index in [0.717, 1.165) is 0 Å². The van der Waals surface area contributed by atoms with Crippen LogP contribution in [0.3, 0.4) is 0 Å². The summed E-state index contributed by atoms with van der Waals surface area (Å²) in [5, 5.41) is 16.1. The second kappa shape index (κ2) is 6.96. The Labute approximate surface area is 146 Å². The first kappa shape index (κ1) is 18.5. The number of phenolic OH excluding ortho intramolecular Hbond substituents is 1. The Kier molecular flexibility index (Phi) is 5.15. The molecule has 0 saturated heterocycles. The molecule has 2 rings (SSSR count). The van der Waals surface area contributed by atoms with Crippen molar-refractivity contribution in [2.24, 2.45) is 5.92 Å². The summed E-state index contributed by atoms with van der Waals surface area (Å²) in [6.07, 6.45) is 0. The van der Waals surface area contributed by atoms with Crippen LogP contribution < -0.4 is 21.5 Å². The Morgan fingerprint density at radius 3 is 2.24 bits per heavy atom. The van der Waals surface area contributed by atoms with E-state index in [1.807, 2.05) is 20.8 Å². The largest absolute Gasteiger partial charge is 0.505 e. The lowest BCUT2D eigenvalue weighted by molar-refractivity contribution is 0.0824. The molecule has 25 heavy (non-hydrogen) atoms. The summed E-state index contributed by atoms with van der Waals surface area (Å²) in [5.74, 6) is -0.360. The molecule has 0 spiro atoms. The third-order valence-corrected chi connectivity index (χ3v) is 4.21. The van der Waals surface area contributed by atoms with Gasteiger partial charge in [-0.3, -0.25) is 14.4 Å². The minimum Gasteiger partial charge on any atom is -0.505 e. The van der Waals surface area contributed by atoms with Crippen molar-refractivity contribution >= 4 is 23.0 Å². The third-order valence-electron chi connectivity index (χ3n) is 4.21. The van der Waals surface area contributed by atoms with E-state index in [1.165, 1.54) is 17.0 Å². The lowest BCUT2D eigenvalue weighted by Gasteiger charge is -2.22. The number of anilines is 3. The van der Waals surface area contributed by atoms with Crippen LogP contribution in [0.15, 0.2) is 27.8 Å². The molecule has 0 bridgehead atoms. The van der Waals surface area contributed by atoms with Crippen molar-refractivity contribution in [2.75, 3.05) is 24.7 Å². The zero-order valence-electron chi connectivity index (χ0n) is 15.0. The summed E-state index contributed by atoms with van der Waals surface area (Å²) in [6, 6.07) is 4.62. The molecular weight excluding hydrogens is 322 g/mol. The van der Waals surface area contributed by atoms with Crippen LogP contribution in [0.4, 0.5) is 17.1 Å². The van der Waals surface area contributed by atoms with Crippen molar-refractivity contribution in [3.8, 4) is 5.75 Å². The van der Waals surface area contributed by atoms with Crippen LogP contribution in [0.5, 0.6) is 5.75 Å². The van der Waals surface area contributed by atoms with Gasteiger partial charge < -0.3 is 20.6 Å². The number of rotatable bonds is 6. The SMILES string of the molecule is CC(C)[C@H](C)Nc1c(Nc2cccc(C(=O)N(C)C)c2O)c(=O)c1=O. The van der Waals surface area contributed by atoms with Crippen molar-refractivity contribution in [3.05, 3.63) is 44.2 Å². The Hall–Kier alpha value is -2.83. The minimum atomic E-state index is -0.651. The number of aromatic hydroxyl groups is 1. The van der Waals surface area contributed by atoms with Crippen molar-refractivity contribution in [3.63, 3.8) is 0 Å². The average molecular weight is 345 g/mol. The summed E-state index contributed by atoms with van der Waals surface area (Å²) < 4.78 is 0. The first-order chi connectivity index (χ1) is 11.6. The molecule has 7 nitrogen and oxygen atoms in total. The molecule has 0 aromatic heterocycles. The number of phenols is 1. The number of nitrogens with one attached hydrogen (secondary N) is 2. The number of benzene rings is 1. The first-order valence-electron chi connectivity index (χ1n) is 8.05.